The zero-order valence-corrected chi connectivity index (χ0v) is 17.6. The van der Waals surface area contributed by atoms with Crippen LogP contribution in [0.1, 0.15) is 17.5 Å². The van der Waals surface area contributed by atoms with Gasteiger partial charge in [-0.25, -0.2) is 4.98 Å². The number of aromatic nitrogens is 1. The Morgan fingerprint density at radius 1 is 1.23 bits per heavy atom. The van der Waals surface area contributed by atoms with E-state index >= 15 is 0 Å². The Labute approximate surface area is 178 Å². The van der Waals surface area contributed by atoms with Gasteiger partial charge in [-0.3, -0.25) is 14.5 Å². The molecule has 2 aromatic carbocycles. The molecule has 6 nitrogen and oxygen atoms in total. The molecule has 7 heteroatoms. The van der Waals surface area contributed by atoms with Crippen LogP contribution in [0.3, 0.4) is 0 Å². The van der Waals surface area contributed by atoms with Gasteiger partial charge >= 0.3 is 0 Å². The van der Waals surface area contributed by atoms with E-state index in [1.807, 2.05) is 43.3 Å². The van der Waals surface area contributed by atoms with Gasteiger partial charge in [0.15, 0.2) is 6.10 Å². The minimum atomic E-state index is -0.609. The van der Waals surface area contributed by atoms with E-state index in [4.69, 9.17) is 4.74 Å². The van der Waals surface area contributed by atoms with Crippen molar-refractivity contribution in [3.63, 3.8) is 0 Å². The Kier molecular flexibility index (Phi) is 4.55. The Hall–Kier alpha value is -3.19. The summed E-state index contributed by atoms with van der Waals surface area (Å²) in [6.07, 6.45) is 0.185. The van der Waals surface area contributed by atoms with Crippen LogP contribution in [0.2, 0.25) is 0 Å². The summed E-state index contributed by atoms with van der Waals surface area (Å²) < 4.78 is 5.67. The van der Waals surface area contributed by atoms with E-state index in [-0.39, 0.29) is 18.4 Å². The smallest absolute Gasteiger partial charge is 0.268 e. The highest BCUT2D eigenvalue weighted by molar-refractivity contribution is 7.09. The van der Waals surface area contributed by atoms with Crippen molar-refractivity contribution in [1.29, 1.82) is 0 Å². The minimum Gasteiger partial charge on any atom is -0.479 e. The molecule has 152 valence electrons. The van der Waals surface area contributed by atoms with Crippen LogP contribution in [0.4, 0.5) is 11.4 Å². The number of hydrogen-bond acceptors (Lipinski definition) is 5. The van der Waals surface area contributed by atoms with Crippen LogP contribution < -0.4 is 14.5 Å². The molecule has 0 bridgehead atoms. The van der Waals surface area contributed by atoms with E-state index < -0.39 is 6.10 Å². The first-order valence-electron chi connectivity index (χ1n) is 9.94. The SMILES string of the molecule is Cc1nc(-c2ccc3c(c2)CCN3C(=O)CN2C(=O)[C@@H](C)Oc3ccccc32)cs1. The zero-order valence-electron chi connectivity index (χ0n) is 16.8. The monoisotopic (exact) mass is 419 g/mol. The lowest BCUT2D eigenvalue weighted by Gasteiger charge is -2.33. The number of para-hydroxylation sites is 2. The lowest BCUT2D eigenvalue weighted by molar-refractivity contribution is -0.127. The molecule has 0 radical (unpaired) electrons. The number of hydrogen-bond donors (Lipinski definition) is 0. The summed E-state index contributed by atoms with van der Waals surface area (Å²) >= 11 is 1.63. The molecule has 3 heterocycles. The number of aryl methyl sites for hydroxylation is 1. The first-order valence-corrected chi connectivity index (χ1v) is 10.8. The van der Waals surface area contributed by atoms with E-state index in [1.165, 1.54) is 4.90 Å². The Bertz CT molecular complexity index is 1160. The van der Waals surface area contributed by atoms with Gasteiger partial charge in [0.05, 0.1) is 16.4 Å². The van der Waals surface area contributed by atoms with Gasteiger partial charge in [-0.2, -0.15) is 0 Å². The van der Waals surface area contributed by atoms with Crippen molar-refractivity contribution in [2.45, 2.75) is 26.4 Å². The van der Waals surface area contributed by atoms with Crippen molar-refractivity contribution in [3.8, 4) is 17.0 Å². The fourth-order valence-electron chi connectivity index (χ4n) is 4.06. The number of benzene rings is 2. The number of anilines is 2. The molecule has 30 heavy (non-hydrogen) atoms. The van der Waals surface area contributed by atoms with E-state index in [0.717, 1.165) is 33.9 Å². The highest BCUT2D eigenvalue weighted by Gasteiger charge is 2.34. The van der Waals surface area contributed by atoms with Gasteiger partial charge in [0.25, 0.3) is 5.91 Å². The number of amides is 2. The maximum atomic E-state index is 13.2. The molecule has 2 aliphatic rings. The summed E-state index contributed by atoms with van der Waals surface area (Å²) in [5.41, 5.74) is 4.72. The standard InChI is InChI=1S/C23H21N3O3S/c1-14-23(28)26(20-5-3-4-6-21(20)29-14)12-22(27)25-10-9-17-11-16(7-8-19(17)25)18-13-30-15(2)24-18/h3-8,11,13-14H,9-10,12H2,1-2H3/t14-/m1/s1. The second kappa shape index (κ2) is 7.25. The van der Waals surface area contributed by atoms with Gasteiger partial charge in [-0.05, 0) is 50.1 Å². The molecule has 0 fully saturated rings. The summed E-state index contributed by atoms with van der Waals surface area (Å²) in [7, 11) is 0. The third-order valence-corrected chi connectivity index (χ3v) is 6.33. The number of carbonyl (C=O) groups is 2. The number of ether oxygens (including phenoxy) is 1. The van der Waals surface area contributed by atoms with Crippen LogP contribution >= 0.6 is 11.3 Å². The third-order valence-electron chi connectivity index (χ3n) is 5.56. The van der Waals surface area contributed by atoms with Crippen LogP contribution in [-0.4, -0.2) is 36.0 Å². The molecular weight excluding hydrogens is 398 g/mol. The second-order valence-electron chi connectivity index (χ2n) is 7.54. The van der Waals surface area contributed by atoms with Crippen molar-refractivity contribution in [1.82, 2.24) is 4.98 Å². The number of rotatable bonds is 3. The van der Waals surface area contributed by atoms with Gasteiger partial charge in [-0.15, -0.1) is 11.3 Å². The summed E-state index contributed by atoms with van der Waals surface area (Å²) in [5, 5.41) is 3.09. The molecule has 3 aromatic rings. The van der Waals surface area contributed by atoms with E-state index in [2.05, 4.69) is 16.4 Å². The number of nitrogens with zero attached hydrogens (tertiary/aromatic N) is 3. The molecular formula is C23H21N3O3S. The van der Waals surface area contributed by atoms with Crippen molar-refractivity contribution in [2.75, 3.05) is 22.9 Å². The molecule has 0 N–H and O–H groups in total. The van der Waals surface area contributed by atoms with Gasteiger partial charge in [-0.1, -0.05) is 18.2 Å². The molecule has 2 amide bonds. The number of carbonyl (C=O) groups excluding carboxylic acids is 2. The molecule has 0 aliphatic carbocycles. The fraction of sp³-hybridized carbons (Fsp3) is 0.261. The summed E-state index contributed by atoms with van der Waals surface area (Å²) in [4.78, 5) is 33.8. The van der Waals surface area contributed by atoms with E-state index in [9.17, 15) is 9.59 Å². The van der Waals surface area contributed by atoms with E-state index in [1.54, 1.807) is 23.2 Å². The van der Waals surface area contributed by atoms with Crippen molar-refractivity contribution in [2.24, 2.45) is 0 Å². The quantitative estimate of drug-likeness (QED) is 0.648. The van der Waals surface area contributed by atoms with Crippen LogP contribution in [0, 0.1) is 6.92 Å². The van der Waals surface area contributed by atoms with Gasteiger partial charge < -0.3 is 9.64 Å². The van der Waals surface area contributed by atoms with Gasteiger partial charge in [0, 0.05) is 23.2 Å². The van der Waals surface area contributed by atoms with Crippen LogP contribution in [0.5, 0.6) is 5.75 Å². The number of fused-ring (bicyclic) bond motifs is 2. The van der Waals surface area contributed by atoms with Crippen LogP contribution in [0.25, 0.3) is 11.3 Å². The highest BCUT2D eigenvalue weighted by Crippen LogP contribution is 2.35. The van der Waals surface area contributed by atoms with Crippen molar-refractivity contribution >= 4 is 34.5 Å². The van der Waals surface area contributed by atoms with Crippen molar-refractivity contribution < 1.29 is 14.3 Å². The molecule has 5 rings (SSSR count). The largest absolute Gasteiger partial charge is 0.479 e. The topological polar surface area (TPSA) is 62.7 Å². The average molecular weight is 420 g/mol. The summed E-state index contributed by atoms with van der Waals surface area (Å²) in [6, 6.07) is 13.5. The lowest BCUT2D eigenvalue weighted by atomic mass is 10.1. The molecule has 1 aromatic heterocycles. The van der Waals surface area contributed by atoms with Crippen LogP contribution in [0.15, 0.2) is 47.8 Å². The Morgan fingerprint density at radius 2 is 2.07 bits per heavy atom. The molecule has 2 aliphatic heterocycles. The van der Waals surface area contributed by atoms with E-state index in [0.29, 0.717) is 18.0 Å². The number of thiazole rings is 1. The predicted molar refractivity (Wildman–Crippen MR) is 117 cm³/mol. The molecule has 0 saturated carbocycles. The summed E-state index contributed by atoms with van der Waals surface area (Å²) in [6.45, 7) is 4.32. The van der Waals surface area contributed by atoms with Crippen molar-refractivity contribution in [3.05, 3.63) is 58.4 Å². The first kappa shape index (κ1) is 18.8. The van der Waals surface area contributed by atoms with Gasteiger partial charge in [0.1, 0.15) is 12.3 Å². The highest BCUT2D eigenvalue weighted by atomic mass is 32.1. The van der Waals surface area contributed by atoms with Gasteiger partial charge in [0.2, 0.25) is 5.91 Å². The lowest BCUT2D eigenvalue weighted by Crippen LogP contribution is -2.49. The normalized spacial score (nSPS) is 17.5. The molecule has 0 saturated heterocycles. The Balaban J connectivity index is 1.39. The zero-order chi connectivity index (χ0) is 20.8. The predicted octanol–water partition coefficient (Wildman–Crippen LogP) is 3.82. The maximum absolute atomic E-state index is 13.2. The molecule has 0 unspecified atom stereocenters. The minimum absolute atomic E-state index is 0.00395. The first-order chi connectivity index (χ1) is 14.5. The average Bonchev–Trinajstić information content (AvgIpc) is 3.37. The fourth-order valence-corrected chi connectivity index (χ4v) is 4.68. The maximum Gasteiger partial charge on any atom is 0.268 e. The Morgan fingerprint density at radius 3 is 2.87 bits per heavy atom. The summed E-state index contributed by atoms with van der Waals surface area (Å²) in [5.74, 6) is 0.335. The van der Waals surface area contributed by atoms with Crippen LogP contribution in [-0.2, 0) is 16.0 Å². The third kappa shape index (κ3) is 3.15. The molecule has 1 atom stereocenters. The second-order valence-corrected chi connectivity index (χ2v) is 8.61. The molecule has 0 spiro atoms.